The molecule has 0 saturated heterocycles. The summed E-state index contributed by atoms with van der Waals surface area (Å²) in [6.07, 6.45) is 3.50. The van der Waals surface area contributed by atoms with E-state index in [1.807, 2.05) is 6.92 Å². The fraction of sp³-hybridized carbons (Fsp3) is 0.286. The summed E-state index contributed by atoms with van der Waals surface area (Å²) in [5.74, 6) is 0. The second-order valence-corrected chi connectivity index (χ2v) is 1.78. The molecule has 8 heavy (non-hydrogen) atoms. The quantitative estimate of drug-likeness (QED) is 0.415. The summed E-state index contributed by atoms with van der Waals surface area (Å²) in [7, 11) is 0. The van der Waals surface area contributed by atoms with Gasteiger partial charge in [-0.25, -0.2) is 0 Å². The summed E-state index contributed by atoms with van der Waals surface area (Å²) in [4.78, 5) is 0. The van der Waals surface area contributed by atoms with Crippen LogP contribution in [-0.2, 0) is 0 Å². The first kappa shape index (κ1) is 7.15. The number of rotatable bonds is 2. The van der Waals surface area contributed by atoms with Crippen LogP contribution in [0.3, 0.4) is 0 Å². The lowest BCUT2D eigenvalue weighted by Gasteiger charge is -1.86. The summed E-state index contributed by atoms with van der Waals surface area (Å²) in [5, 5.41) is 7.00. The summed E-state index contributed by atoms with van der Waals surface area (Å²) in [6.45, 7) is 7.21. The van der Waals surface area contributed by atoms with Crippen molar-refractivity contribution < 1.29 is 0 Å². The first-order chi connectivity index (χ1) is 3.66. The zero-order valence-electron chi connectivity index (χ0n) is 5.36. The van der Waals surface area contributed by atoms with Gasteiger partial charge in [-0.15, -0.1) is 0 Å². The Hall–Kier alpha value is -0.850. The zero-order valence-corrected chi connectivity index (χ0v) is 5.36. The average molecular weight is 109 g/mol. The molecule has 0 bridgehead atoms. The molecule has 0 aliphatic carbocycles. The Bertz CT molecular complexity index is 131. The number of hydrogen-bond acceptors (Lipinski definition) is 1. The molecule has 0 spiro atoms. The summed E-state index contributed by atoms with van der Waals surface area (Å²) < 4.78 is 0. The molecule has 0 rings (SSSR count). The average Bonchev–Trinajstić information content (AvgIpc) is 1.65. The molecule has 0 atom stereocenters. The lowest BCUT2D eigenvalue weighted by Crippen LogP contribution is -1.79. The summed E-state index contributed by atoms with van der Waals surface area (Å²) in [5.41, 5.74) is 1.61. The van der Waals surface area contributed by atoms with Gasteiger partial charge in [0.15, 0.2) is 0 Å². The molecule has 1 N–H and O–H groups in total. The zero-order chi connectivity index (χ0) is 6.57. The Morgan fingerprint density at radius 1 is 1.50 bits per heavy atom. The van der Waals surface area contributed by atoms with Crippen LogP contribution in [0.1, 0.15) is 13.8 Å². The van der Waals surface area contributed by atoms with E-state index >= 15 is 0 Å². The van der Waals surface area contributed by atoms with Crippen LogP contribution in [0.2, 0.25) is 0 Å². The molecule has 0 aromatic heterocycles. The Morgan fingerprint density at radius 3 is 2.12 bits per heavy atom. The molecular weight excluding hydrogens is 98.1 g/mol. The van der Waals surface area contributed by atoms with Gasteiger partial charge in [-0.1, -0.05) is 12.7 Å². The van der Waals surface area contributed by atoms with Gasteiger partial charge in [0.25, 0.3) is 0 Å². The molecule has 0 fully saturated rings. The maximum atomic E-state index is 7.00. The van der Waals surface area contributed by atoms with Gasteiger partial charge in [-0.2, -0.15) is 0 Å². The monoisotopic (exact) mass is 109 g/mol. The summed E-state index contributed by atoms with van der Waals surface area (Å²) in [6, 6.07) is 0. The van der Waals surface area contributed by atoms with E-state index in [1.54, 1.807) is 19.1 Å². The largest absolute Gasteiger partial charge is 0.306 e. The number of hydrogen-bond donors (Lipinski definition) is 1. The first-order valence-electron chi connectivity index (χ1n) is 2.52. The molecule has 44 valence electrons. The van der Waals surface area contributed by atoms with Crippen molar-refractivity contribution in [3.63, 3.8) is 0 Å². The molecule has 1 heteroatoms. The first-order valence-corrected chi connectivity index (χ1v) is 2.52. The number of allylic oxidation sites excluding steroid dienone is 3. The lowest BCUT2D eigenvalue weighted by molar-refractivity contribution is 1.46. The Kier molecular flexibility index (Phi) is 2.85. The Balaban J connectivity index is 3.94. The van der Waals surface area contributed by atoms with Gasteiger partial charge in [-0.05, 0) is 25.5 Å². The van der Waals surface area contributed by atoms with Crippen molar-refractivity contribution in [2.24, 2.45) is 0 Å². The van der Waals surface area contributed by atoms with Gasteiger partial charge in [0, 0.05) is 5.71 Å². The molecule has 0 aromatic carbocycles. The smallest absolute Gasteiger partial charge is 0.0285 e. The maximum Gasteiger partial charge on any atom is 0.0285 e. The van der Waals surface area contributed by atoms with Crippen molar-refractivity contribution in [2.45, 2.75) is 13.8 Å². The van der Waals surface area contributed by atoms with Crippen molar-refractivity contribution in [3.8, 4) is 0 Å². The Labute approximate surface area is 50.2 Å². The van der Waals surface area contributed by atoms with E-state index in [0.717, 1.165) is 5.57 Å². The van der Waals surface area contributed by atoms with E-state index in [-0.39, 0.29) is 0 Å². The third kappa shape index (κ3) is 3.34. The van der Waals surface area contributed by atoms with Crippen molar-refractivity contribution in [2.75, 3.05) is 0 Å². The second-order valence-electron chi connectivity index (χ2n) is 1.78. The SMILES string of the molecule is C=CC(C)=CC(C)=N. The molecule has 0 radical (unpaired) electrons. The molecule has 0 aliphatic rings. The van der Waals surface area contributed by atoms with Crippen LogP contribution in [0.5, 0.6) is 0 Å². The fourth-order valence-corrected chi connectivity index (χ4v) is 0.400. The van der Waals surface area contributed by atoms with Crippen LogP contribution >= 0.6 is 0 Å². The van der Waals surface area contributed by atoms with Gasteiger partial charge in [-0.3, -0.25) is 0 Å². The highest BCUT2D eigenvalue weighted by Crippen LogP contribution is 1.91. The number of nitrogens with one attached hydrogen (secondary N) is 1. The van der Waals surface area contributed by atoms with E-state index in [9.17, 15) is 0 Å². The van der Waals surface area contributed by atoms with Crippen molar-refractivity contribution in [1.82, 2.24) is 0 Å². The van der Waals surface area contributed by atoms with E-state index < -0.39 is 0 Å². The Morgan fingerprint density at radius 2 is 2.00 bits per heavy atom. The minimum Gasteiger partial charge on any atom is -0.306 e. The van der Waals surface area contributed by atoms with Gasteiger partial charge in [0.1, 0.15) is 0 Å². The molecular formula is C7H11N. The molecule has 0 saturated carbocycles. The molecule has 0 aromatic rings. The van der Waals surface area contributed by atoms with E-state index in [2.05, 4.69) is 6.58 Å². The van der Waals surface area contributed by atoms with Crippen LogP contribution in [-0.4, -0.2) is 5.71 Å². The topological polar surface area (TPSA) is 23.9 Å². The van der Waals surface area contributed by atoms with Crippen molar-refractivity contribution in [3.05, 3.63) is 24.3 Å². The van der Waals surface area contributed by atoms with E-state index in [0.29, 0.717) is 5.71 Å². The highest BCUT2D eigenvalue weighted by Gasteiger charge is 1.78. The highest BCUT2D eigenvalue weighted by atomic mass is 14.4. The van der Waals surface area contributed by atoms with Crippen LogP contribution < -0.4 is 0 Å². The normalized spacial score (nSPS) is 11.0. The molecule has 0 amide bonds. The minimum atomic E-state index is 0.572. The van der Waals surface area contributed by atoms with Crippen molar-refractivity contribution in [1.29, 1.82) is 5.41 Å². The fourth-order valence-electron chi connectivity index (χ4n) is 0.400. The van der Waals surface area contributed by atoms with Crippen LogP contribution in [0.25, 0.3) is 0 Å². The predicted molar refractivity (Wildman–Crippen MR) is 37.4 cm³/mol. The van der Waals surface area contributed by atoms with E-state index in [4.69, 9.17) is 5.41 Å². The molecule has 0 unspecified atom stereocenters. The third-order valence-corrected chi connectivity index (χ3v) is 0.766. The third-order valence-electron chi connectivity index (χ3n) is 0.766. The predicted octanol–water partition coefficient (Wildman–Crippen LogP) is 2.16. The standard InChI is InChI=1S/C7H11N/c1-4-6(2)5-7(3)8/h4-5,8H,1H2,2-3H3. The molecule has 0 aliphatic heterocycles. The highest BCUT2D eigenvalue weighted by molar-refractivity contribution is 5.90. The van der Waals surface area contributed by atoms with Crippen LogP contribution in [0.15, 0.2) is 24.3 Å². The van der Waals surface area contributed by atoms with Gasteiger partial charge in [0.05, 0.1) is 0 Å². The minimum absolute atomic E-state index is 0.572. The van der Waals surface area contributed by atoms with Gasteiger partial charge >= 0.3 is 0 Å². The van der Waals surface area contributed by atoms with Gasteiger partial charge < -0.3 is 5.41 Å². The molecule has 0 heterocycles. The summed E-state index contributed by atoms with van der Waals surface area (Å²) >= 11 is 0. The van der Waals surface area contributed by atoms with Crippen LogP contribution in [0.4, 0.5) is 0 Å². The van der Waals surface area contributed by atoms with Gasteiger partial charge in [0.2, 0.25) is 0 Å². The maximum absolute atomic E-state index is 7.00. The molecule has 1 nitrogen and oxygen atoms in total. The van der Waals surface area contributed by atoms with E-state index in [1.165, 1.54) is 0 Å². The second kappa shape index (κ2) is 3.19. The van der Waals surface area contributed by atoms with Crippen molar-refractivity contribution >= 4 is 5.71 Å². The lowest BCUT2D eigenvalue weighted by atomic mass is 10.2. The van der Waals surface area contributed by atoms with Crippen LogP contribution in [0, 0.1) is 5.41 Å².